The van der Waals surface area contributed by atoms with Crippen molar-refractivity contribution in [3.63, 3.8) is 0 Å². The highest BCUT2D eigenvalue weighted by Crippen LogP contribution is 2.49. The molecule has 3 rings (SSSR count). The molecule has 2 aromatic heterocycles. The van der Waals surface area contributed by atoms with E-state index in [1.807, 2.05) is 6.92 Å². The van der Waals surface area contributed by atoms with Gasteiger partial charge in [0, 0.05) is 55.2 Å². The van der Waals surface area contributed by atoms with Crippen LogP contribution < -0.4 is 11.2 Å². The second-order valence-corrected chi connectivity index (χ2v) is 11.3. The van der Waals surface area contributed by atoms with Crippen LogP contribution in [-0.2, 0) is 9.26 Å². The fourth-order valence-electron chi connectivity index (χ4n) is 4.48. The number of ether oxygens (including phenoxy) is 1. The molecule has 2 aromatic rings. The minimum Gasteiger partial charge on any atom is -0.352 e. The van der Waals surface area contributed by atoms with E-state index in [1.54, 1.807) is 24.5 Å². The SMILES string of the molecule is [C-]#[N+]CCCP(OC1C[C@H](n2cc(C#Cc3cccnc3)c(=O)[nH]c2=O)O[C@@H]1CC)N(C(C)C)C(C)C. The molecule has 1 fully saturated rings. The first kappa shape index (κ1) is 28.8. The molecular formula is C27H36N5O4P. The maximum absolute atomic E-state index is 12.7. The highest BCUT2D eigenvalue weighted by Gasteiger charge is 2.39. The van der Waals surface area contributed by atoms with Crippen LogP contribution in [0.3, 0.4) is 0 Å². The number of H-pyrrole nitrogens is 1. The van der Waals surface area contributed by atoms with Gasteiger partial charge in [-0.1, -0.05) is 18.8 Å². The highest BCUT2D eigenvalue weighted by molar-refractivity contribution is 7.50. The lowest BCUT2D eigenvalue weighted by Crippen LogP contribution is -2.36. The molecule has 0 spiro atoms. The van der Waals surface area contributed by atoms with Crippen molar-refractivity contribution in [1.82, 2.24) is 19.2 Å². The van der Waals surface area contributed by atoms with Crippen LogP contribution in [0.1, 0.15) is 71.2 Å². The molecule has 0 amide bonds. The van der Waals surface area contributed by atoms with Gasteiger partial charge in [0.15, 0.2) is 0 Å². The molecule has 0 bridgehead atoms. The zero-order valence-electron chi connectivity index (χ0n) is 22.2. The summed E-state index contributed by atoms with van der Waals surface area (Å²) in [5.41, 5.74) is -0.231. The maximum atomic E-state index is 12.7. The summed E-state index contributed by atoms with van der Waals surface area (Å²) in [7, 11) is -0.960. The van der Waals surface area contributed by atoms with E-state index in [9.17, 15) is 9.59 Å². The van der Waals surface area contributed by atoms with Gasteiger partial charge in [0.2, 0.25) is 6.54 Å². The largest absolute Gasteiger partial charge is 0.352 e. The van der Waals surface area contributed by atoms with Gasteiger partial charge in [0.25, 0.3) is 5.56 Å². The van der Waals surface area contributed by atoms with Crippen LogP contribution in [0.5, 0.6) is 0 Å². The standard InChI is InChI=1S/C27H36N5O4P/c1-7-23-24(36-37(15-9-13-28-6)32(19(2)3)20(4)5)16-25(35-23)31-18-22(26(33)30-27(31)34)12-11-21-10-8-14-29-17-21/h8,10,14,17-20,23-25H,7,9,13,15-16H2,1-5H3,(H,30,33,34)/t23-,24?,25-,37?/m1/s1. The summed E-state index contributed by atoms with van der Waals surface area (Å²) in [6, 6.07) is 4.15. The molecular weight excluding hydrogens is 489 g/mol. The molecule has 37 heavy (non-hydrogen) atoms. The topological polar surface area (TPSA) is 93.8 Å². The van der Waals surface area contributed by atoms with Crippen LogP contribution >= 0.6 is 8.30 Å². The first-order valence-electron chi connectivity index (χ1n) is 12.7. The quantitative estimate of drug-likeness (QED) is 0.217. The number of nitrogens with zero attached hydrogens (tertiary/aromatic N) is 4. The third-order valence-electron chi connectivity index (χ3n) is 6.06. The number of aromatic amines is 1. The fourth-order valence-corrected chi connectivity index (χ4v) is 6.91. The molecule has 1 aliphatic rings. The Kier molecular flexibility index (Phi) is 10.6. The Labute approximate surface area is 219 Å². The van der Waals surface area contributed by atoms with E-state index in [2.05, 4.69) is 59.0 Å². The van der Waals surface area contributed by atoms with E-state index in [0.29, 0.717) is 30.6 Å². The van der Waals surface area contributed by atoms with Crippen molar-refractivity contribution < 1.29 is 9.26 Å². The molecule has 1 N–H and O–H groups in total. The molecule has 0 saturated carbocycles. The number of hydrogen-bond donors (Lipinski definition) is 1. The molecule has 0 aliphatic carbocycles. The Morgan fingerprint density at radius 2 is 2.08 bits per heavy atom. The third kappa shape index (κ3) is 7.60. The van der Waals surface area contributed by atoms with Gasteiger partial charge < -0.3 is 14.1 Å². The number of nitrogens with one attached hydrogen (secondary N) is 1. The van der Waals surface area contributed by atoms with Gasteiger partial charge in [-0.3, -0.25) is 24.0 Å². The van der Waals surface area contributed by atoms with E-state index in [4.69, 9.17) is 15.8 Å². The third-order valence-corrected chi connectivity index (χ3v) is 8.71. The van der Waals surface area contributed by atoms with Crippen molar-refractivity contribution in [3.05, 3.63) is 74.1 Å². The van der Waals surface area contributed by atoms with Crippen molar-refractivity contribution in [2.75, 3.05) is 12.7 Å². The summed E-state index contributed by atoms with van der Waals surface area (Å²) >= 11 is 0. The molecule has 0 aromatic carbocycles. The second kappa shape index (κ2) is 13.7. The Hall–Kier alpha value is -2.81. The maximum Gasteiger partial charge on any atom is 0.330 e. The second-order valence-electron chi connectivity index (χ2n) is 9.50. The average Bonchev–Trinajstić information content (AvgIpc) is 3.26. The molecule has 1 aliphatic heterocycles. The zero-order valence-corrected chi connectivity index (χ0v) is 23.1. The average molecular weight is 526 g/mol. The molecule has 3 heterocycles. The molecule has 1 saturated heterocycles. The van der Waals surface area contributed by atoms with Gasteiger partial charge in [-0.15, -0.1) is 0 Å². The van der Waals surface area contributed by atoms with Gasteiger partial charge in [-0.25, -0.2) is 11.4 Å². The van der Waals surface area contributed by atoms with Crippen molar-refractivity contribution in [3.8, 4) is 11.8 Å². The van der Waals surface area contributed by atoms with Gasteiger partial charge >= 0.3 is 5.69 Å². The van der Waals surface area contributed by atoms with Crippen LogP contribution in [-0.4, -0.2) is 56.2 Å². The summed E-state index contributed by atoms with van der Waals surface area (Å²) in [5.74, 6) is 5.76. The molecule has 4 atom stereocenters. The number of rotatable bonds is 10. The Balaban J connectivity index is 1.85. The van der Waals surface area contributed by atoms with E-state index < -0.39 is 25.8 Å². The smallest absolute Gasteiger partial charge is 0.330 e. The van der Waals surface area contributed by atoms with E-state index >= 15 is 0 Å². The predicted octanol–water partition coefficient (Wildman–Crippen LogP) is 4.15. The van der Waals surface area contributed by atoms with Crippen LogP contribution in [0.15, 0.2) is 40.3 Å². The minimum absolute atomic E-state index is 0.177. The lowest BCUT2D eigenvalue weighted by Gasteiger charge is -2.38. The summed E-state index contributed by atoms with van der Waals surface area (Å²) in [6.45, 7) is 18.3. The Morgan fingerprint density at radius 1 is 1.32 bits per heavy atom. The number of aromatic nitrogens is 3. The van der Waals surface area contributed by atoms with Crippen molar-refractivity contribution in [1.29, 1.82) is 0 Å². The number of hydrogen-bond acceptors (Lipinski definition) is 6. The summed E-state index contributed by atoms with van der Waals surface area (Å²) < 4.78 is 16.8. The van der Waals surface area contributed by atoms with Gasteiger partial charge in [-0.05, 0) is 46.2 Å². The van der Waals surface area contributed by atoms with Gasteiger partial charge in [0.05, 0.1) is 12.2 Å². The van der Waals surface area contributed by atoms with Crippen LogP contribution in [0.2, 0.25) is 0 Å². The van der Waals surface area contributed by atoms with Crippen molar-refractivity contribution in [2.24, 2.45) is 0 Å². The van der Waals surface area contributed by atoms with E-state index in [1.165, 1.54) is 10.8 Å². The van der Waals surface area contributed by atoms with Crippen molar-refractivity contribution >= 4 is 8.30 Å². The lowest BCUT2D eigenvalue weighted by atomic mass is 10.1. The van der Waals surface area contributed by atoms with Crippen LogP contribution in [0.4, 0.5) is 0 Å². The van der Waals surface area contributed by atoms with Crippen LogP contribution in [0, 0.1) is 18.4 Å². The highest BCUT2D eigenvalue weighted by atomic mass is 31.2. The van der Waals surface area contributed by atoms with Crippen molar-refractivity contribution in [2.45, 2.75) is 84.4 Å². The summed E-state index contributed by atoms with van der Waals surface area (Å²) in [5, 5.41) is 0. The Morgan fingerprint density at radius 3 is 2.70 bits per heavy atom. The molecule has 9 nitrogen and oxygen atoms in total. The lowest BCUT2D eigenvalue weighted by molar-refractivity contribution is -0.0178. The molecule has 2 unspecified atom stereocenters. The predicted molar refractivity (Wildman–Crippen MR) is 145 cm³/mol. The Bertz CT molecular complexity index is 1230. The van der Waals surface area contributed by atoms with Crippen LogP contribution in [0.25, 0.3) is 4.85 Å². The zero-order chi connectivity index (χ0) is 26.9. The van der Waals surface area contributed by atoms with E-state index in [0.717, 1.165) is 19.0 Å². The number of pyridine rings is 1. The molecule has 0 radical (unpaired) electrons. The van der Waals surface area contributed by atoms with E-state index in [-0.39, 0.29) is 17.8 Å². The van der Waals surface area contributed by atoms with Gasteiger partial charge in [-0.2, -0.15) is 0 Å². The first-order valence-corrected chi connectivity index (χ1v) is 14.1. The van der Waals surface area contributed by atoms with Gasteiger partial charge in [0.1, 0.15) is 20.1 Å². The first-order chi connectivity index (χ1) is 17.7. The molecule has 10 heteroatoms. The fraction of sp³-hybridized carbons (Fsp3) is 0.556. The summed E-state index contributed by atoms with van der Waals surface area (Å²) in [6.07, 6.45) is 6.53. The molecule has 198 valence electrons. The monoisotopic (exact) mass is 525 g/mol. The minimum atomic E-state index is -0.960. The normalized spacial score (nSPS) is 20.1. The summed E-state index contributed by atoms with van der Waals surface area (Å²) in [4.78, 5) is 35.1.